The molecule has 0 spiro atoms. The van der Waals surface area contributed by atoms with Crippen molar-refractivity contribution in [2.24, 2.45) is 0 Å². The number of fused-ring (bicyclic) bond motifs is 8. The monoisotopic (exact) mass is 885 g/mol. The largest absolute Gasteiger partial charge is 0.311 e. The van der Waals surface area contributed by atoms with E-state index in [4.69, 9.17) is 0 Å². The van der Waals surface area contributed by atoms with Crippen LogP contribution in [0, 0.1) is 0 Å². The summed E-state index contributed by atoms with van der Waals surface area (Å²) in [7, 11) is 0. The lowest BCUT2D eigenvalue weighted by Crippen LogP contribution is -2.60. The summed E-state index contributed by atoms with van der Waals surface area (Å²) in [6.07, 6.45) is 4.77. The van der Waals surface area contributed by atoms with E-state index in [-0.39, 0.29) is 39.2 Å². The van der Waals surface area contributed by atoms with E-state index in [1.807, 2.05) is 0 Å². The van der Waals surface area contributed by atoms with Crippen LogP contribution in [0.15, 0.2) is 115 Å². The molecule has 336 valence electrons. The summed E-state index contributed by atoms with van der Waals surface area (Å²) in [6.45, 7) is 33.8. The van der Waals surface area contributed by atoms with Crippen LogP contribution in [0.25, 0.3) is 21.2 Å². The maximum Gasteiger partial charge on any atom is 0.264 e. The molecule has 3 heterocycles. The molecule has 11 rings (SSSR count). The Bertz CT molecular complexity index is 3110. The molecule has 0 saturated carbocycles. The van der Waals surface area contributed by atoms with Crippen LogP contribution in [0.1, 0.15) is 156 Å². The zero-order valence-corrected chi connectivity index (χ0v) is 43.0. The van der Waals surface area contributed by atoms with Crippen LogP contribution in [-0.2, 0) is 32.5 Å². The number of hydrogen-bond acceptors (Lipinski definition) is 3. The SMILES string of the molecule is CC(C)(C)c1ccc(N2c3cc(C(C)(C)C)ccc3B3c4sc5cc6c(cc5c4N(c4ccc5c(c4)C(C)(C)CCC5(C)C)c4cc(-c5ccccc5)cc2c43)C(C)(C)CCC6(C)C)cc1. The van der Waals surface area contributed by atoms with Crippen LogP contribution in [-0.4, -0.2) is 6.71 Å². The molecule has 0 N–H and O–H groups in total. The third kappa shape index (κ3) is 6.62. The third-order valence-corrected chi connectivity index (χ3v) is 17.9. The van der Waals surface area contributed by atoms with Crippen molar-refractivity contribution in [3.8, 4) is 11.1 Å². The van der Waals surface area contributed by atoms with Gasteiger partial charge in [-0.2, -0.15) is 0 Å². The summed E-state index contributed by atoms with van der Waals surface area (Å²) in [4.78, 5) is 5.36. The van der Waals surface area contributed by atoms with E-state index in [9.17, 15) is 0 Å². The predicted octanol–water partition coefficient (Wildman–Crippen LogP) is 15.9. The number of benzene rings is 6. The summed E-state index contributed by atoms with van der Waals surface area (Å²) in [5.41, 5.74) is 22.1. The molecule has 7 aromatic rings. The van der Waals surface area contributed by atoms with Crippen molar-refractivity contribution < 1.29 is 0 Å². The highest BCUT2D eigenvalue weighted by atomic mass is 32.1. The summed E-state index contributed by atoms with van der Waals surface area (Å²) in [5.74, 6) is 0. The molecule has 4 aliphatic rings. The van der Waals surface area contributed by atoms with E-state index in [1.165, 1.54) is 130 Å². The van der Waals surface area contributed by atoms with Crippen molar-refractivity contribution >= 4 is 78.0 Å². The van der Waals surface area contributed by atoms with Gasteiger partial charge in [0.25, 0.3) is 6.71 Å². The van der Waals surface area contributed by atoms with Gasteiger partial charge in [0.1, 0.15) is 0 Å². The number of nitrogens with zero attached hydrogens (tertiary/aromatic N) is 2. The zero-order valence-electron chi connectivity index (χ0n) is 42.2. The Hall–Kier alpha value is -5.06. The molecule has 2 aliphatic carbocycles. The van der Waals surface area contributed by atoms with Gasteiger partial charge in [-0.05, 0) is 168 Å². The molecule has 0 saturated heterocycles. The lowest BCUT2D eigenvalue weighted by Gasteiger charge is -2.45. The molecule has 4 heteroatoms. The van der Waals surface area contributed by atoms with Gasteiger partial charge in [-0.25, -0.2) is 0 Å². The Morgan fingerprint density at radius 3 is 1.61 bits per heavy atom. The first kappa shape index (κ1) is 43.5. The minimum Gasteiger partial charge on any atom is -0.311 e. The Morgan fingerprint density at radius 2 is 1.00 bits per heavy atom. The Balaban J connectivity index is 1.29. The highest BCUT2D eigenvalue weighted by molar-refractivity contribution is 7.33. The summed E-state index contributed by atoms with van der Waals surface area (Å²) in [6, 6.07) is 46.0. The Labute approximate surface area is 400 Å². The number of hydrogen-bond donors (Lipinski definition) is 0. The van der Waals surface area contributed by atoms with E-state index in [0.29, 0.717) is 0 Å². The normalized spacial score (nSPS) is 18.6. The van der Waals surface area contributed by atoms with Gasteiger partial charge in [0, 0.05) is 43.3 Å². The highest BCUT2D eigenvalue weighted by Crippen LogP contribution is 2.55. The molecule has 2 nitrogen and oxygen atoms in total. The van der Waals surface area contributed by atoms with Gasteiger partial charge in [-0.1, -0.05) is 158 Å². The molecular formula is C62H69BN2S. The number of rotatable bonds is 3. The van der Waals surface area contributed by atoms with Crippen molar-refractivity contribution in [3.63, 3.8) is 0 Å². The van der Waals surface area contributed by atoms with Gasteiger partial charge in [0.2, 0.25) is 0 Å². The van der Waals surface area contributed by atoms with Crippen LogP contribution >= 0.6 is 11.3 Å². The summed E-state index contributed by atoms with van der Waals surface area (Å²) < 4.78 is 2.86. The van der Waals surface area contributed by atoms with Gasteiger partial charge in [0.15, 0.2) is 0 Å². The van der Waals surface area contributed by atoms with Crippen molar-refractivity contribution in [1.29, 1.82) is 0 Å². The van der Waals surface area contributed by atoms with E-state index in [1.54, 1.807) is 0 Å². The lowest BCUT2D eigenvalue weighted by atomic mass is 9.36. The van der Waals surface area contributed by atoms with E-state index in [0.717, 1.165) is 0 Å². The average Bonchev–Trinajstić information content (AvgIpc) is 3.64. The maximum absolute atomic E-state index is 2.73. The zero-order chi connectivity index (χ0) is 46.7. The van der Waals surface area contributed by atoms with Crippen LogP contribution < -0.4 is 25.5 Å². The van der Waals surface area contributed by atoms with E-state index < -0.39 is 0 Å². The molecule has 0 bridgehead atoms. The first-order valence-corrected chi connectivity index (χ1v) is 25.6. The number of thiophene rings is 1. The standard InChI is InChI=1S/C62H69BN2S/c1-57(2,3)40-20-23-42(24-21-40)64-50-34-41(58(4,5)6)22-27-49(50)63-54-51(64)32-39(38-18-16-15-17-19-38)33-52(54)65(43-25-26-45-46(35-43)60(9,10)29-28-59(45,7)8)55-44-36-47-48(37-53(44)66-56(55)63)62(13,14)31-30-61(47,11)12/h15-27,32-37H,28-31H2,1-14H3. The van der Waals surface area contributed by atoms with Gasteiger partial charge < -0.3 is 9.80 Å². The molecule has 1 aromatic heterocycles. The smallest absolute Gasteiger partial charge is 0.264 e. The first-order chi connectivity index (χ1) is 30.9. The molecular weight excluding hydrogens is 816 g/mol. The minimum absolute atomic E-state index is 0.0201. The fourth-order valence-electron chi connectivity index (χ4n) is 12.2. The molecule has 2 aliphatic heterocycles. The van der Waals surface area contributed by atoms with Gasteiger partial charge in [-0.15, -0.1) is 11.3 Å². The van der Waals surface area contributed by atoms with Crippen molar-refractivity contribution in [3.05, 3.63) is 149 Å². The molecule has 0 atom stereocenters. The number of anilines is 6. The Kier molecular flexibility index (Phi) is 9.39. The van der Waals surface area contributed by atoms with Crippen LogP contribution in [0.2, 0.25) is 0 Å². The fraction of sp³-hybridized carbons (Fsp3) is 0.387. The minimum atomic E-state index is -0.0201. The second-order valence-electron chi connectivity index (χ2n) is 25.2. The highest BCUT2D eigenvalue weighted by Gasteiger charge is 2.48. The predicted molar refractivity (Wildman–Crippen MR) is 289 cm³/mol. The molecule has 6 aromatic carbocycles. The van der Waals surface area contributed by atoms with Crippen LogP contribution in [0.5, 0.6) is 0 Å². The van der Waals surface area contributed by atoms with Gasteiger partial charge >= 0.3 is 0 Å². The van der Waals surface area contributed by atoms with Gasteiger partial charge in [0.05, 0.1) is 5.69 Å². The topological polar surface area (TPSA) is 6.48 Å². The van der Waals surface area contributed by atoms with E-state index in [2.05, 4.69) is 233 Å². The van der Waals surface area contributed by atoms with Crippen molar-refractivity contribution in [2.45, 2.75) is 155 Å². The van der Waals surface area contributed by atoms with E-state index >= 15 is 0 Å². The maximum atomic E-state index is 2.73. The molecule has 0 amide bonds. The average molecular weight is 885 g/mol. The molecule has 0 radical (unpaired) electrons. The Morgan fingerprint density at radius 1 is 0.470 bits per heavy atom. The second kappa shape index (κ2) is 14.2. The molecule has 66 heavy (non-hydrogen) atoms. The first-order valence-electron chi connectivity index (χ1n) is 24.8. The third-order valence-electron chi connectivity index (χ3n) is 16.7. The summed E-state index contributed by atoms with van der Waals surface area (Å²) >= 11 is 2.05. The van der Waals surface area contributed by atoms with Crippen LogP contribution in [0.3, 0.4) is 0 Å². The molecule has 0 fully saturated rings. The fourth-order valence-corrected chi connectivity index (χ4v) is 13.5. The quantitative estimate of drug-likeness (QED) is 0.163. The van der Waals surface area contributed by atoms with Gasteiger partial charge in [-0.3, -0.25) is 0 Å². The second-order valence-corrected chi connectivity index (χ2v) is 26.3. The lowest BCUT2D eigenvalue weighted by molar-refractivity contribution is 0.332. The summed E-state index contributed by atoms with van der Waals surface area (Å²) in [5, 5.41) is 1.39. The van der Waals surface area contributed by atoms with Crippen LogP contribution in [0.4, 0.5) is 34.1 Å². The molecule has 0 unspecified atom stereocenters. The van der Waals surface area contributed by atoms with Crippen molar-refractivity contribution in [2.75, 3.05) is 9.80 Å². The van der Waals surface area contributed by atoms with Crippen molar-refractivity contribution in [1.82, 2.24) is 0 Å².